The van der Waals surface area contributed by atoms with E-state index in [0.29, 0.717) is 0 Å². The zero-order valence-electron chi connectivity index (χ0n) is 9.80. The highest BCUT2D eigenvalue weighted by Gasteiger charge is 2.26. The molecule has 0 radical (unpaired) electrons. The fraction of sp³-hybridized carbons (Fsp3) is 0.556. The van der Waals surface area contributed by atoms with Crippen molar-refractivity contribution in [2.75, 3.05) is 21.1 Å². The molecule has 0 aliphatic rings. The number of ketones is 1. The summed E-state index contributed by atoms with van der Waals surface area (Å²) in [5, 5.41) is 14.2. The van der Waals surface area contributed by atoms with Crippen LogP contribution in [-0.2, 0) is 4.79 Å². The van der Waals surface area contributed by atoms with E-state index in [-0.39, 0.29) is 5.71 Å². The second-order valence-electron chi connectivity index (χ2n) is 3.33. The summed E-state index contributed by atoms with van der Waals surface area (Å²) in [7, 11) is 4.97. The number of allylic oxidation sites excluding steroid dienone is 1. The van der Waals surface area contributed by atoms with Crippen LogP contribution in [0.25, 0.3) is 0 Å². The summed E-state index contributed by atoms with van der Waals surface area (Å²) in [4.78, 5) is 23.3. The predicted molar refractivity (Wildman–Crippen MR) is 60.8 cm³/mol. The molecule has 0 heterocycles. The van der Waals surface area contributed by atoms with Gasteiger partial charge in [-0.15, -0.1) is 0 Å². The van der Waals surface area contributed by atoms with E-state index < -0.39 is 16.7 Å². The molecule has 1 N–H and O–H groups in total. The molecule has 1 atom stereocenters. The van der Waals surface area contributed by atoms with Gasteiger partial charge in [-0.05, 0) is 0 Å². The van der Waals surface area contributed by atoms with Gasteiger partial charge in [-0.3, -0.25) is 14.9 Å². The topological polar surface area (TPSA) is 87.8 Å². The van der Waals surface area contributed by atoms with E-state index in [4.69, 9.17) is 0 Å². The Morgan fingerprint density at radius 1 is 1.56 bits per heavy atom. The van der Waals surface area contributed by atoms with E-state index >= 15 is 0 Å². The molecular weight excluding hydrogens is 212 g/mol. The van der Waals surface area contributed by atoms with Crippen molar-refractivity contribution in [2.24, 2.45) is 5.10 Å². The first kappa shape index (κ1) is 14.1. The zero-order valence-corrected chi connectivity index (χ0v) is 9.80. The first-order chi connectivity index (χ1) is 7.40. The number of nitrogens with one attached hydrogen (secondary N) is 1. The summed E-state index contributed by atoms with van der Waals surface area (Å²) >= 11 is 0. The number of rotatable bonds is 6. The molecule has 0 amide bonds. The maximum absolute atomic E-state index is 11.6. The van der Waals surface area contributed by atoms with Gasteiger partial charge in [0.1, 0.15) is 0 Å². The number of carbonyl (C=O) groups is 1. The lowest BCUT2D eigenvalue weighted by atomic mass is 10.1. The average molecular weight is 228 g/mol. The van der Waals surface area contributed by atoms with Crippen molar-refractivity contribution >= 4 is 11.5 Å². The Morgan fingerprint density at radius 2 is 2.12 bits per heavy atom. The van der Waals surface area contributed by atoms with Crippen LogP contribution in [0.2, 0.25) is 0 Å². The number of hydrazone groups is 1. The van der Waals surface area contributed by atoms with Crippen molar-refractivity contribution in [1.82, 2.24) is 10.3 Å². The monoisotopic (exact) mass is 228 g/mol. The lowest BCUT2D eigenvalue weighted by Crippen LogP contribution is -2.33. The normalized spacial score (nSPS) is 13.6. The minimum atomic E-state index is -1.13. The number of carbonyl (C=O) groups excluding carboxylic acids is 1. The van der Waals surface area contributed by atoms with Gasteiger partial charge in [0, 0.05) is 45.3 Å². The molecule has 0 aliphatic heterocycles. The summed E-state index contributed by atoms with van der Waals surface area (Å²) in [6.07, 6.45) is 2.76. The second-order valence-corrected chi connectivity index (χ2v) is 3.33. The van der Waals surface area contributed by atoms with Crippen LogP contribution < -0.4 is 5.43 Å². The summed E-state index contributed by atoms with van der Waals surface area (Å²) < 4.78 is 0. The summed E-state index contributed by atoms with van der Waals surface area (Å²) in [5.41, 5.74) is 2.27. The third kappa shape index (κ3) is 4.54. The third-order valence-electron chi connectivity index (χ3n) is 1.72. The molecule has 0 bridgehead atoms. The fourth-order valence-electron chi connectivity index (χ4n) is 0.877. The smallest absolute Gasteiger partial charge is 0.257 e. The first-order valence-corrected chi connectivity index (χ1v) is 4.67. The lowest BCUT2D eigenvalue weighted by Gasteiger charge is -2.06. The van der Waals surface area contributed by atoms with Gasteiger partial charge in [-0.2, -0.15) is 5.10 Å². The van der Waals surface area contributed by atoms with Crippen LogP contribution in [0.5, 0.6) is 0 Å². The Bertz CT molecular complexity index is 323. The first-order valence-electron chi connectivity index (χ1n) is 4.67. The maximum Gasteiger partial charge on any atom is 0.257 e. The predicted octanol–water partition coefficient (Wildman–Crippen LogP) is -0.129. The van der Waals surface area contributed by atoms with Gasteiger partial charge in [0.15, 0.2) is 5.71 Å². The number of nitrogens with zero attached hydrogens (tertiary/aromatic N) is 3. The standard InChI is InChI=1S/C9H16N4O3/c1-7(13(15)16)9(11-10-2)8(14)5-6-12(3)4/h5-7,10H,1-4H3/b6-5+,11-9+. The molecule has 0 aromatic carbocycles. The zero-order chi connectivity index (χ0) is 12.7. The molecule has 1 unspecified atom stereocenters. The van der Waals surface area contributed by atoms with Crippen LogP contribution in [0.3, 0.4) is 0 Å². The Labute approximate surface area is 94.0 Å². The van der Waals surface area contributed by atoms with E-state index in [1.165, 1.54) is 26.2 Å². The van der Waals surface area contributed by atoms with Crippen LogP contribution in [0.15, 0.2) is 17.4 Å². The van der Waals surface area contributed by atoms with E-state index in [1.54, 1.807) is 19.0 Å². The van der Waals surface area contributed by atoms with Crippen molar-refractivity contribution in [3.63, 3.8) is 0 Å². The van der Waals surface area contributed by atoms with Crippen LogP contribution in [0, 0.1) is 10.1 Å². The van der Waals surface area contributed by atoms with Crippen LogP contribution in [0.1, 0.15) is 6.92 Å². The molecule has 0 rings (SSSR count). The van der Waals surface area contributed by atoms with Crippen molar-refractivity contribution in [2.45, 2.75) is 13.0 Å². The van der Waals surface area contributed by atoms with Crippen LogP contribution in [0.4, 0.5) is 0 Å². The third-order valence-corrected chi connectivity index (χ3v) is 1.72. The highest BCUT2D eigenvalue weighted by atomic mass is 16.6. The van der Waals surface area contributed by atoms with E-state index in [0.717, 1.165) is 0 Å². The lowest BCUT2D eigenvalue weighted by molar-refractivity contribution is -0.498. The molecule has 16 heavy (non-hydrogen) atoms. The molecular formula is C9H16N4O3. The Balaban J connectivity index is 4.88. The molecule has 7 nitrogen and oxygen atoms in total. The molecule has 0 aliphatic carbocycles. The minimum absolute atomic E-state index is 0.120. The maximum atomic E-state index is 11.6. The van der Waals surface area contributed by atoms with Gasteiger partial charge in [-0.25, -0.2) is 0 Å². The van der Waals surface area contributed by atoms with Crippen molar-refractivity contribution < 1.29 is 9.72 Å². The number of nitro groups is 1. The SMILES string of the molecule is CN/N=C(/C(=O)/C=C/N(C)C)C(C)[N+](=O)[O-]. The highest BCUT2D eigenvalue weighted by molar-refractivity contribution is 6.45. The fourth-order valence-corrected chi connectivity index (χ4v) is 0.877. The Kier molecular flexibility index (Phi) is 5.76. The van der Waals surface area contributed by atoms with Crippen molar-refractivity contribution in [3.8, 4) is 0 Å². The van der Waals surface area contributed by atoms with Gasteiger partial charge in [0.2, 0.25) is 5.78 Å². The van der Waals surface area contributed by atoms with Crippen LogP contribution >= 0.6 is 0 Å². The van der Waals surface area contributed by atoms with Gasteiger partial charge in [0.05, 0.1) is 0 Å². The van der Waals surface area contributed by atoms with Gasteiger partial charge in [-0.1, -0.05) is 0 Å². The second kappa shape index (κ2) is 6.54. The molecule has 0 saturated heterocycles. The number of hydrogen-bond donors (Lipinski definition) is 1. The largest absolute Gasteiger partial charge is 0.383 e. The van der Waals surface area contributed by atoms with Crippen molar-refractivity contribution in [3.05, 3.63) is 22.4 Å². The Morgan fingerprint density at radius 3 is 2.50 bits per heavy atom. The molecule has 7 heteroatoms. The molecule has 0 spiro atoms. The molecule has 0 fully saturated rings. The van der Waals surface area contributed by atoms with Gasteiger partial charge < -0.3 is 10.3 Å². The highest BCUT2D eigenvalue weighted by Crippen LogP contribution is 1.96. The minimum Gasteiger partial charge on any atom is -0.383 e. The van der Waals surface area contributed by atoms with E-state index in [9.17, 15) is 14.9 Å². The number of hydrogen-bond acceptors (Lipinski definition) is 6. The molecule has 90 valence electrons. The van der Waals surface area contributed by atoms with Gasteiger partial charge in [0.25, 0.3) is 6.04 Å². The van der Waals surface area contributed by atoms with E-state index in [1.807, 2.05) is 0 Å². The van der Waals surface area contributed by atoms with Crippen LogP contribution in [-0.4, -0.2) is 48.5 Å². The van der Waals surface area contributed by atoms with E-state index in [2.05, 4.69) is 10.5 Å². The summed E-state index contributed by atoms with van der Waals surface area (Å²) in [6, 6.07) is -1.13. The summed E-state index contributed by atoms with van der Waals surface area (Å²) in [5.74, 6) is -0.479. The molecule has 0 saturated carbocycles. The van der Waals surface area contributed by atoms with Crippen molar-refractivity contribution in [1.29, 1.82) is 0 Å². The quantitative estimate of drug-likeness (QED) is 0.296. The molecule has 0 aromatic rings. The Hall–Kier alpha value is -1.92. The van der Waals surface area contributed by atoms with Gasteiger partial charge >= 0.3 is 0 Å². The molecule has 0 aromatic heterocycles. The summed E-state index contributed by atoms with van der Waals surface area (Å²) in [6.45, 7) is 1.32. The average Bonchev–Trinajstić information content (AvgIpc) is 2.21.